The van der Waals surface area contributed by atoms with Crippen LogP contribution < -0.4 is 0 Å². The van der Waals surface area contributed by atoms with Crippen LogP contribution in [0.25, 0.3) is 0 Å². The van der Waals surface area contributed by atoms with Crippen molar-refractivity contribution in [3.63, 3.8) is 0 Å². The molecule has 1 heterocycles. The van der Waals surface area contributed by atoms with Crippen molar-refractivity contribution >= 4 is 5.91 Å². The van der Waals surface area contributed by atoms with Crippen LogP contribution in [0.4, 0.5) is 0 Å². The van der Waals surface area contributed by atoms with E-state index in [-0.39, 0.29) is 0 Å². The van der Waals surface area contributed by atoms with Gasteiger partial charge in [-0.1, -0.05) is 43.2 Å². The predicted molar refractivity (Wildman–Crippen MR) is 67.4 cm³/mol. The standard InChI is InChI=1S/C15H19NO/c17-15-10-13-8-4-5-9-14(13)16(15)11-12-6-2-1-3-7-12/h1-3,6-7,13-14H,4-5,8-11H2. The monoisotopic (exact) mass is 229 g/mol. The molecule has 1 aromatic rings. The molecule has 0 N–H and O–H groups in total. The first kappa shape index (κ1) is 10.8. The Morgan fingerprint density at radius 1 is 1.12 bits per heavy atom. The van der Waals surface area contributed by atoms with Gasteiger partial charge in [0.05, 0.1) is 0 Å². The molecule has 0 aromatic heterocycles. The molecule has 1 aliphatic heterocycles. The van der Waals surface area contributed by atoms with E-state index < -0.39 is 0 Å². The maximum absolute atomic E-state index is 12.1. The van der Waals surface area contributed by atoms with Crippen LogP contribution in [0, 0.1) is 5.92 Å². The van der Waals surface area contributed by atoms with Crippen molar-refractivity contribution in [3.8, 4) is 0 Å². The second-order valence-corrected chi connectivity index (χ2v) is 5.32. The fourth-order valence-corrected chi connectivity index (χ4v) is 3.35. The Hall–Kier alpha value is -1.31. The number of benzene rings is 1. The lowest BCUT2D eigenvalue weighted by atomic mass is 9.85. The fraction of sp³-hybridized carbons (Fsp3) is 0.533. The average Bonchev–Trinajstić information content (AvgIpc) is 2.68. The van der Waals surface area contributed by atoms with Crippen molar-refractivity contribution in [2.75, 3.05) is 0 Å². The summed E-state index contributed by atoms with van der Waals surface area (Å²) < 4.78 is 0. The zero-order chi connectivity index (χ0) is 11.7. The molecule has 2 fully saturated rings. The molecule has 17 heavy (non-hydrogen) atoms. The summed E-state index contributed by atoms with van der Waals surface area (Å²) in [6.07, 6.45) is 5.86. The molecule has 1 amide bonds. The van der Waals surface area contributed by atoms with Crippen molar-refractivity contribution in [2.24, 2.45) is 5.92 Å². The Bertz CT molecular complexity index is 401. The molecule has 1 aliphatic carbocycles. The quantitative estimate of drug-likeness (QED) is 0.763. The Kier molecular flexibility index (Phi) is 2.87. The molecule has 90 valence electrons. The van der Waals surface area contributed by atoms with E-state index in [1.165, 1.54) is 31.2 Å². The normalized spacial score (nSPS) is 28.2. The summed E-state index contributed by atoms with van der Waals surface area (Å²) in [6.45, 7) is 0.806. The summed E-state index contributed by atoms with van der Waals surface area (Å²) in [4.78, 5) is 14.2. The van der Waals surface area contributed by atoms with Crippen LogP contribution in [0.5, 0.6) is 0 Å². The SMILES string of the molecule is O=C1CC2CCCCC2N1Cc1ccccc1. The number of rotatable bonds is 2. The topological polar surface area (TPSA) is 20.3 Å². The highest BCUT2D eigenvalue weighted by atomic mass is 16.2. The summed E-state index contributed by atoms with van der Waals surface area (Å²) >= 11 is 0. The second-order valence-electron chi connectivity index (χ2n) is 5.32. The van der Waals surface area contributed by atoms with Crippen LogP contribution in [0.15, 0.2) is 30.3 Å². The Labute approximate surface area is 103 Å². The van der Waals surface area contributed by atoms with Gasteiger partial charge in [-0.15, -0.1) is 0 Å². The van der Waals surface area contributed by atoms with Crippen molar-refractivity contribution in [3.05, 3.63) is 35.9 Å². The van der Waals surface area contributed by atoms with Gasteiger partial charge in [0.15, 0.2) is 0 Å². The van der Waals surface area contributed by atoms with E-state index in [9.17, 15) is 4.79 Å². The Morgan fingerprint density at radius 2 is 1.88 bits per heavy atom. The largest absolute Gasteiger partial charge is 0.335 e. The molecule has 0 bridgehead atoms. The van der Waals surface area contributed by atoms with Gasteiger partial charge in [0.2, 0.25) is 5.91 Å². The molecule has 2 nitrogen and oxygen atoms in total. The molecular formula is C15H19NO. The number of nitrogens with zero attached hydrogens (tertiary/aromatic N) is 1. The number of fused-ring (bicyclic) bond motifs is 1. The smallest absolute Gasteiger partial charge is 0.223 e. The maximum atomic E-state index is 12.1. The van der Waals surface area contributed by atoms with Crippen LogP contribution in [0.1, 0.15) is 37.7 Å². The third kappa shape index (κ3) is 2.08. The van der Waals surface area contributed by atoms with E-state index in [0.717, 1.165) is 13.0 Å². The summed E-state index contributed by atoms with van der Waals surface area (Å²) in [5.41, 5.74) is 1.26. The van der Waals surface area contributed by atoms with E-state index in [1.807, 2.05) is 18.2 Å². The van der Waals surface area contributed by atoms with Crippen molar-refractivity contribution in [1.29, 1.82) is 0 Å². The molecule has 3 rings (SSSR count). The van der Waals surface area contributed by atoms with Gasteiger partial charge in [0.1, 0.15) is 0 Å². The molecule has 2 unspecified atom stereocenters. The van der Waals surface area contributed by atoms with Crippen molar-refractivity contribution < 1.29 is 4.79 Å². The van der Waals surface area contributed by atoms with E-state index in [2.05, 4.69) is 17.0 Å². The molecule has 0 radical (unpaired) electrons. The minimum atomic E-state index is 0.366. The molecule has 1 saturated heterocycles. The second kappa shape index (κ2) is 4.52. The molecule has 1 aromatic carbocycles. The minimum Gasteiger partial charge on any atom is -0.335 e. The van der Waals surface area contributed by atoms with Crippen molar-refractivity contribution in [1.82, 2.24) is 4.90 Å². The number of hydrogen-bond donors (Lipinski definition) is 0. The van der Waals surface area contributed by atoms with Crippen LogP contribution in [-0.4, -0.2) is 16.8 Å². The van der Waals surface area contributed by atoms with Gasteiger partial charge >= 0.3 is 0 Å². The van der Waals surface area contributed by atoms with Crippen molar-refractivity contribution in [2.45, 2.75) is 44.7 Å². The van der Waals surface area contributed by atoms with Crippen LogP contribution >= 0.6 is 0 Å². The highest BCUT2D eigenvalue weighted by molar-refractivity contribution is 5.79. The lowest BCUT2D eigenvalue weighted by molar-refractivity contribution is -0.129. The van der Waals surface area contributed by atoms with E-state index in [1.54, 1.807) is 0 Å². The van der Waals surface area contributed by atoms with Gasteiger partial charge in [-0.3, -0.25) is 4.79 Å². The highest BCUT2D eigenvalue weighted by Crippen LogP contribution is 2.37. The summed E-state index contributed by atoms with van der Waals surface area (Å²) in [7, 11) is 0. The molecule has 2 heteroatoms. The van der Waals surface area contributed by atoms with Gasteiger partial charge in [-0.05, 0) is 24.3 Å². The number of likely N-dealkylation sites (tertiary alicyclic amines) is 1. The minimum absolute atomic E-state index is 0.366. The maximum Gasteiger partial charge on any atom is 0.223 e. The summed E-state index contributed by atoms with van der Waals surface area (Å²) in [6, 6.07) is 10.9. The molecule has 2 atom stereocenters. The number of carbonyl (C=O) groups excluding carboxylic acids is 1. The fourth-order valence-electron chi connectivity index (χ4n) is 3.35. The molecule has 1 saturated carbocycles. The van der Waals surface area contributed by atoms with Crippen LogP contribution in [0.2, 0.25) is 0 Å². The van der Waals surface area contributed by atoms with Gasteiger partial charge in [-0.25, -0.2) is 0 Å². The van der Waals surface area contributed by atoms with E-state index in [0.29, 0.717) is 17.9 Å². The highest BCUT2D eigenvalue weighted by Gasteiger charge is 2.40. The van der Waals surface area contributed by atoms with Crippen LogP contribution in [-0.2, 0) is 11.3 Å². The zero-order valence-corrected chi connectivity index (χ0v) is 10.1. The Balaban J connectivity index is 1.76. The van der Waals surface area contributed by atoms with Gasteiger partial charge in [0, 0.05) is 19.0 Å². The first-order valence-corrected chi connectivity index (χ1v) is 6.68. The molecule has 2 aliphatic rings. The zero-order valence-electron chi connectivity index (χ0n) is 10.1. The lowest BCUT2D eigenvalue weighted by Crippen LogP contribution is -2.36. The molecule has 0 spiro atoms. The number of hydrogen-bond acceptors (Lipinski definition) is 1. The van der Waals surface area contributed by atoms with E-state index >= 15 is 0 Å². The first-order valence-electron chi connectivity index (χ1n) is 6.68. The number of carbonyl (C=O) groups is 1. The van der Waals surface area contributed by atoms with Gasteiger partial charge in [-0.2, -0.15) is 0 Å². The van der Waals surface area contributed by atoms with Gasteiger partial charge < -0.3 is 4.90 Å². The van der Waals surface area contributed by atoms with Gasteiger partial charge in [0.25, 0.3) is 0 Å². The van der Waals surface area contributed by atoms with E-state index in [4.69, 9.17) is 0 Å². The first-order chi connectivity index (χ1) is 8.34. The lowest BCUT2D eigenvalue weighted by Gasteiger charge is -2.31. The third-order valence-electron chi connectivity index (χ3n) is 4.22. The summed E-state index contributed by atoms with van der Waals surface area (Å²) in [5, 5.41) is 0. The third-order valence-corrected chi connectivity index (χ3v) is 4.22. The average molecular weight is 229 g/mol. The number of amides is 1. The predicted octanol–water partition coefficient (Wildman–Crippen LogP) is 2.98. The Morgan fingerprint density at radius 3 is 2.71 bits per heavy atom. The molecular weight excluding hydrogens is 210 g/mol. The van der Waals surface area contributed by atoms with Crippen LogP contribution in [0.3, 0.4) is 0 Å². The summed E-state index contributed by atoms with van der Waals surface area (Å²) in [5.74, 6) is 1.01.